The van der Waals surface area contributed by atoms with Crippen LogP contribution < -0.4 is 5.32 Å². The Hall–Kier alpha value is -0.160. The molecule has 0 saturated heterocycles. The van der Waals surface area contributed by atoms with Gasteiger partial charge in [0, 0.05) is 15.0 Å². The van der Waals surface area contributed by atoms with Crippen LogP contribution in [0, 0.1) is 0 Å². The highest BCUT2D eigenvalue weighted by molar-refractivity contribution is 9.11. The highest BCUT2D eigenvalue weighted by Gasteiger charge is 2.14. The molecule has 0 aliphatic rings. The summed E-state index contributed by atoms with van der Waals surface area (Å²) in [5, 5.41) is 7.91. The van der Waals surface area contributed by atoms with Gasteiger partial charge in [-0.05, 0) is 53.1 Å². The fourth-order valence-corrected chi connectivity index (χ4v) is 3.97. The predicted octanol–water partition coefficient (Wildman–Crippen LogP) is 5.17. The number of halogens is 2. The Morgan fingerprint density at radius 2 is 2.11 bits per heavy atom. The molecule has 0 spiro atoms. The third-order valence-electron chi connectivity index (χ3n) is 2.81. The number of rotatable bonds is 5. The van der Waals surface area contributed by atoms with Crippen molar-refractivity contribution in [3.8, 4) is 0 Å². The molecular formula is C14H15Br2NS. The molecule has 1 nitrogen and oxygen atoms in total. The molecule has 1 unspecified atom stereocenters. The van der Waals surface area contributed by atoms with Crippen molar-refractivity contribution in [3.05, 3.63) is 55.1 Å². The van der Waals surface area contributed by atoms with Crippen LogP contribution in [0.4, 0.5) is 0 Å². The van der Waals surface area contributed by atoms with E-state index in [9.17, 15) is 0 Å². The lowest BCUT2D eigenvalue weighted by Crippen LogP contribution is -2.23. The van der Waals surface area contributed by atoms with Gasteiger partial charge in [0.15, 0.2) is 0 Å². The molecule has 1 aromatic carbocycles. The van der Waals surface area contributed by atoms with E-state index in [1.165, 1.54) is 11.1 Å². The second kappa shape index (κ2) is 6.85. The van der Waals surface area contributed by atoms with Crippen LogP contribution in [0.1, 0.15) is 24.1 Å². The Bertz CT molecular complexity index is 497. The molecule has 0 aliphatic heterocycles. The van der Waals surface area contributed by atoms with Gasteiger partial charge in [-0.2, -0.15) is 11.3 Å². The number of thiophene rings is 1. The van der Waals surface area contributed by atoms with Crippen LogP contribution in [-0.2, 0) is 6.42 Å². The van der Waals surface area contributed by atoms with E-state index >= 15 is 0 Å². The molecule has 0 saturated carbocycles. The quantitative estimate of drug-likeness (QED) is 0.745. The molecule has 1 heterocycles. The van der Waals surface area contributed by atoms with E-state index in [1.807, 2.05) is 0 Å². The van der Waals surface area contributed by atoms with Crippen molar-refractivity contribution >= 4 is 43.2 Å². The first-order chi connectivity index (χ1) is 8.70. The third kappa shape index (κ3) is 3.67. The van der Waals surface area contributed by atoms with Crippen LogP contribution in [0.2, 0.25) is 0 Å². The maximum absolute atomic E-state index is 3.65. The molecule has 18 heavy (non-hydrogen) atoms. The van der Waals surface area contributed by atoms with Gasteiger partial charge in [0.05, 0.1) is 0 Å². The number of likely N-dealkylation sites (N-methyl/N-ethyl adjacent to an activating group) is 1. The molecule has 0 bridgehead atoms. The van der Waals surface area contributed by atoms with Crippen LogP contribution in [0.5, 0.6) is 0 Å². The minimum Gasteiger partial charge on any atom is -0.310 e. The van der Waals surface area contributed by atoms with Crippen LogP contribution in [-0.4, -0.2) is 6.54 Å². The monoisotopic (exact) mass is 387 g/mol. The predicted molar refractivity (Wildman–Crippen MR) is 86.3 cm³/mol. The summed E-state index contributed by atoms with van der Waals surface area (Å²) >= 11 is 8.91. The molecule has 1 aromatic heterocycles. The average molecular weight is 389 g/mol. The Morgan fingerprint density at radius 1 is 1.28 bits per heavy atom. The summed E-state index contributed by atoms with van der Waals surface area (Å²) in [6.45, 7) is 3.12. The van der Waals surface area contributed by atoms with Crippen molar-refractivity contribution in [1.29, 1.82) is 0 Å². The Kier molecular flexibility index (Phi) is 5.42. The molecule has 1 atom stereocenters. The van der Waals surface area contributed by atoms with Crippen molar-refractivity contribution in [2.24, 2.45) is 0 Å². The maximum atomic E-state index is 3.65. The van der Waals surface area contributed by atoms with Crippen LogP contribution >= 0.6 is 43.2 Å². The van der Waals surface area contributed by atoms with Gasteiger partial charge in [-0.3, -0.25) is 0 Å². The van der Waals surface area contributed by atoms with Crippen molar-refractivity contribution < 1.29 is 0 Å². The zero-order valence-electron chi connectivity index (χ0n) is 10.1. The first-order valence-electron chi connectivity index (χ1n) is 5.90. The lowest BCUT2D eigenvalue weighted by molar-refractivity contribution is 0.548. The van der Waals surface area contributed by atoms with Gasteiger partial charge < -0.3 is 5.32 Å². The van der Waals surface area contributed by atoms with Crippen LogP contribution in [0.3, 0.4) is 0 Å². The lowest BCUT2D eigenvalue weighted by Gasteiger charge is -2.19. The van der Waals surface area contributed by atoms with E-state index in [-0.39, 0.29) is 0 Å². The highest BCUT2D eigenvalue weighted by Crippen LogP contribution is 2.29. The van der Waals surface area contributed by atoms with Crippen molar-refractivity contribution in [1.82, 2.24) is 5.32 Å². The summed E-state index contributed by atoms with van der Waals surface area (Å²) in [6.07, 6.45) is 1.03. The summed E-state index contributed by atoms with van der Waals surface area (Å²) in [7, 11) is 0. The number of nitrogens with one attached hydrogen (secondary N) is 1. The molecular weight excluding hydrogens is 374 g/mol. The standard InChI is InChI=1S/C14H15Br2NS/c1-2-17-14(7-10-5-6-18-9-10)12-4-3-11(15)8-13(12)16/h3-6,8-9,14,17H,2,7H2,1H3. The second-order valence-electron chi connectivity index (χ2n) is 4.11. The first kappa shape index (κ1) is 14.3. The van der Waals surface area contributed by atoms with E-state index < -0.39 is 0 Å². The largest absolute Gasteiger partial charge is 0.310 e. The molecule has 96 valence electrons. The molecule has 0 radical (unpaired) electrons. The molecule has 2 aromatic rings. The minimum absolute atomic E-state index is 0.354. The van der Waals surface area contributed by atoms with Crippen molar-refractivity contribution in [2.75, 3.05) is 6.54 Å². The summed E-state index contributed by atoms with van der Waals surface area (Å²) in [5.74, 6) is 0. The molecule has 2 rings (SSSR count). The number of benzene rings is 1. The van der Waals surface area contributed by atoms with Gasteiger partial charge in [0.2, 0.25) is 0 Å². The Morgan fingerprint density at radius 3 is 2.72 bits per heavy atom. The van der Waals surface area contributed by atoms with E-state index in [0.29, 0.717) is 6.04 Å². The average Bonchev–Trinajstić information content (AvgIpc) is 2.81. The summed E-state index contributed by atoms with van der Waals surface area (Å²) < 4.78 is 2.25. The normalized spacial score (nSPS) is 12.6. The fraction of sp³-hybridized carbons (Fsp3) is 0.286. The summed E-state index contributed by atoms with van der Waals surface area (Å²) in [4.78, 5) is 0. The number of hydrogen-bond donors (Lipinski definition) is 1. The molecule has 1 N–H and O–H groups in total. The minimum atomic E-state index is 0.354. The Labute approximate surface area is 129 Å². The topological polar surface area (TPSA) is 12.0 Å². The summed E-state index contributed by atoms with van der Waals surface area (Å²) in [6, 6.07) is 8.92. The zero-order valence-corrected chi connectivity index (χ0v) is 14.1. The van der Waals surface area contributed by atoms with E-state index in [0.717, 1.165) is 21.9 Å². The first-order valence-corrected chi connectivity index (χ1v) is 8.43. The highest BCUT2D eigenvalue weighted by atomic mass is 79.9. The van der Waals surface area contributed by atoms with Crippen molar-refractivity contribution in [3.63, 3.8) is 0 Å². The van der Waals surface area contributed by atoms with Gasteiger partial charge in [-0.15, -0.1) is 0 Å². The van der Waals surface area contributed by atoms with Gasteiger partial charge in [-0.1, -0.05) is 44.8 Å². The van der Waals surface area contributed by atoms with Gasteiger partial charge in [-0.25, -0.2) is 0 Å². The van der Waals surface area contributed by atoms with E-state index in [1.54, 1.807) is 11.3 Å². The molecule has 0 fully saturated rings. The second-order valence-corrected chi connectivity index (χ2v) is 6.66. The number of hydrogen-bond acceptors (Lipinski definition) is 2. The van der Waals surface area contributed by atoms with Gasteiger partial charge >= 0.3 is 0 Å². The van der Waals surface area contributed by atoms with Gasteiger partial charge in [0.25, 0.3) is 0 Å². The fourth-order valence-electron chi connectivity index (χ4n) is 1.97. The summed E-state index contributed by atoms with van der Waals surface area (Å²) in [5.41, 5.74) is 2.70. The maximum Gasteiger partial charge on any atom is 0.0372 e. The van der Waals surface area contributed by atoms with E-state index in [2.05, 4.69) is 79.1 Å². The Balaban J connectivity index is 2.23. The zero-order chi connectivity index (χ0) is 13.0. The lowest BCUT2D eigenvalue weighted by atomic mass is 10.0. The smallest absolute Gasteiger partial charge is 0.0372 e. The van der Waals surface area contributed by atoms with Crippen LogP contribution in [0.25, 0.3) is 0 Å². The van der Waals surface area contributed by atoms with Crippen molar-refractivity contribution in [2.45, 2.75) is 19.4 Å². The third-order valence-corrected chi connectivity index (χ3v) is 4.72. The van der Waals surface area contributed by atoms with E-state index in [4.69, 9.17) is 0 Å². The molecule has 0 aliphatic carbocycles. The van der Waals surface area contributed by atoms with Gasteiger partial charge in [0.1, 0.15) is 0 Å². The SMILES string of the molecule is CCNC(Cc1ccsc1)c1ccc(Br)cc1Br. The van der Waals surface area contributed by atoms with Crippen LogP contribution in [0.15, 0.2) is 44.0 Å². The molecule has 0 amide bonds. The molecule has 4 heteroatoms.